The van der Waals surface area contributed by atoms with E-state index in [1.165, 1.54) is 5.56 Å². The van der Waals surface area contributed by atoms with E-state index in [0.29, 0.717) is 17.2 Å². The molecule has 3 heterocycles. The van der Waals surface area contributed by atoms with Gasteiger partial charge in [-0.05, 0) is 60.5 Å². The van der Waals surface area contributed by atoms with Crippen LogP contribution in [0, 0.1) is 6.92 Å². The van der Waals surface area contributed by atoms with E-state index in [4.69, 9.17) is 0 Å². The van der Waals surface area contributed by atoms with Crippen LogP contribution in [0.2, 0.25) is 0 Å². The van der Waals surface area contributed by atoms with Crippen molar-refractivity contribution in [3.05, 3.63) is 95.9 Å². The van der Waals surface area contributed by atoms with Crippen molar-refractivity contribution in [3.63, 3.8) is 0 Å². The van der Waals surface area contributed by atoms with Crippen LogP contribution >= 0.6 is 0 Å². The van der Waals surface area contributed by atoms with Crippen LogP contribution in [0.5, 0.6) is 0 Å². The molecule has 2 aromatic carbocycles. The summed E-state index contributed by atoms with van der Waals surface area (Å²) in [5.41, 5.74) is 6.10. The van der Waals surface area contributed by atoms with Crippen LogP contribution in [0.25, 0.3) is 11.3 Å². The minimum atomic E-state index is -0.140. The zero-order chi connectivity index (χ0) is 24.7. The second-order valence-corrected chi connectivity index (χ2v) is 8.96. The lowest BCUT2D eigenvalue weighted by Gasteiger charge is -2.24. The third-order valence-electron chi connectivity index (χ3n) is 6.28. The standard InChI is InChI=1S/C28H29N7O/c1-20-4-9-24(17-26(20)34-28-31-12-10-25(33-28)23-3-2-11-30-18-23)32-27(36)22-7-5-21(6-8-22)19-35-15-13-29-14-16-35/h2-12,17-18,29H,13-16,19H2,1H3,(H,32,36)(H,31,33,34)/p+1. The second-order valence-electron chi connectivity index (χ2n) is 8.96. The zero-order valence-corrected chi connectivity index (χ0v) is 20.3. The van der Waals surface area contributed by atoms with Crippen LogP contribution in [0.3, 0.4) is 0 Å². The maximum Gasteiger partial charge on any atom is 0.255 e. The van der Waals surface area contributed by atoms with Crippen LogP contribution < -0.4 is 16.0 Å². The molecule has 1 aliphatic heterocycles. The Hall–Kier alpha value is -4.14. The quantitative estimate of drug-likeness (QED) is 0.376. The Morgan fingerprint density at radius 2 is 1.86 bits per heavy atom. The maximum atomic E-state index is 12.9. The fourth-order valence-electron chi connectivity index (χ4n) is 4.23. The molecule has 182 valence electrons. The minimum Gasteiger partial charge on any atom is -0.344 e. The number of carbonyl (C=O) groups is 1. The fraction of sp³-hybridized carbons (Fsp3) is 0.214. The van der Waals surface area contributed by atoms with E-state index in [-0.39, 0.29) is 5.91 Å². The van der Waals surface area contributed by atoms with Gasteiger partial charge in [0.05, 0.1) is 18.8 Å². The number of rotatable bonds is 7. The topological polar surface area (TPSA) is 99.7 Å². The lowest BCUT2D eigenvalue weighted by atomic mass is 10.1. The Bertz CT molecular complexity index is 1320. The molecular weight excluding hydrogens is 450 g/mol. The highest BCUT2D eigenvalue weighted by Gasteiger charge is 2.13. The van der Waals surface area contributed by atoms with Gasteiger partial charge in [-0.2, -0.15) is 0 Å². The highest BCUT2D eigenvalue weighted by molar-refractivity contribution is 6.04. The number of nitrogens with two attached hydrogens (primary N) is 1. The Kier molecular flexibility index (Phi) is 7.25. The van der Waals surface area contributed by atoms with Crippen molar-refractivity contribution >= 4 is 23.2 Å². The summed E-state index contributed by atoms with van der Waals surface area (Å²) in [7, 11) is 0. The van der Waals surface area contributed by atoms with Gasteiger partial charge in [-0.15, -0.1) is 0 Å². The van der Waals surface area contributed by atoms with Crippen molar-refractivity contribution in [2.24, 2.45) is 0 Å². The van der Waals surface area contributed by atoms with Gasteiger partial charge < -0.3 is 16.0 Å². The van der Waals surface area contributed by atoms with Crippen molar-refractivity contribution in [1.82, 2.24) is 19.9 Å². The number of quaternary nitrogens is 1. The molecule has 1 aliphatic rings. The first-order valence-electron chi connectivity index (χ1n) is 12.2. The molecule has 4 N–H and O–H groups in total. The van der Waals surface area contributed by atoms with E-state index >= 15 is 0 Å². The van der Waals surface area contributed by atoms with Crippen LogP contribution in [0.4, 0.5) is 17.3 Å². The number of pyridine rings is 1. The molecule has 0 unspecified atom stereocenters. The van der Waals surface area contributed by atoms with E-state index in [1.807, 2.05) is 67.6 Å². The van der Waals surface area contributed by atoms with E-state index in [2.05, 4.69) is 35.8 Å². The number of nitrogens with one attached hydrogen (secondary N) is 2. The van der Waals surface area contributed by atoms with Gasteiger partial charge in [0.2, 0.25) is 5.95 Å². The fourth-order valence-corrected chi connectivity index (χ4v) is 4.23. The van der Waals surface area contributed by atoms with Gasteiger partial charge in [0.15, 0.2) is 0 Å². The summed E-state index contributed by atoms with van der Waals surface area (Å²) in [5, 5.41) is 8.64. The number of aryl methyl sites for hydroxylation is 1. The van der Waals surface area contributed by atoms with E-state index in [9.17, 15) is 4.79 Å². The van der Waals surface area contributed by atoms with Gasteiger partial charge in [0, 0.05) is 60.7 Å². The Morgan fingerprint density at radius 1 is 1.03 bits per heavy atom. The number of carbonyl (C=O) groups excluding carboxylic acids is 1. The van der Waals surface area contributed by atoms with Gasteiger partial charge in [0.1, 0.15) is 0 Å². The summed E-state index contributed by atoms with van der Waals surface area (Å²) >= 11 is 0. The molecule has 0 atom stereocenters. The molecule has 1 fully saturated rings. The van der Waals surface area contributed by atoms with Crippen LogP contribution in [0.15, 0.2) is 79.3 Å². The molecule has 1 amide bonds. The van der Waals surface area contributed by atoms with Gasteiger partial charge in [-0.3, -0.25) is 14.7 Å². The van der Waals surface area contributed by atoms with Crippen molar-refractivity contribution in [3.8, 4) is 11.3 Å². The van der Waals surface area contributed by atoms with E-state index in [1.54, 1.807) is 18.6 Å². The molecule has 0 radical (unpaired) electrons. The predicted octanol–water partition coefficient (Wildman–Crippen LogP) is 3.22. The summed E-state index contributed by atoms with van der Waals surface area (Å²) in [6.07, 6.45) is 5.22. The maximum absolute atomic E-state index is 12.9. The average molecular weight is 481 g/mol. The summed E-state index contributed by atoms with van der Waals surface area (Å²) < 4.78 is 0. The van der Waals surface area contributed by atoms with Gasteiger partial charge >= 0.3 is 0 Å². The van der Waals surface area contributed by atoms with E-state index in [0.717, 1.165) is 55.2 Å². The molecular formula is C28H30N7O+. The third-order valence-corrected chi connectivity index (χ3v) is 6.28. The second kappa shape index (κ2) is 11.1. The first-order chi connectivity index (χ1) is 17.6. The Balaban J connectivity index is 1.25. The largest absolute Gasteiger partial charge is 0.344 e. The molecule has 5 rings (SSSR count). The molecule has 0 saturated carbocycles. The molecule has 36 heavy (non-hydrogen) atoms. The van der Waals surface area contributed by atoms with Gasteiger partial charge in [-0.25, -0.2) is 9.97 Å². The SMILES string of the molecule is Cc1ccc(NC(=O)c2ccc(CN3CC[NH2+]CC3)cc2)cc1Nc1nccc(-c2cccnc2)n1. The summed E-state index contributed by atoms with van der Waals surface area (Å²) in [6.45, 7) is 7.42. The third kappa shape index (κ3) is 5.91. The monoisotopic (exact) mass is 480 g/mol. The number of aromatic nitrogens is 3. The highest BCUT2D eigenvalue weighted by Crippen LogP contribution is 2.24. The molecule has 8 heteroatoms. The van der Waals surface area contributed by atoms with Crippen LogP contribution in [-0.2, 0) is 6.54 Å². The van der Waals surface area contributed by atoms with Crippen molar-refractivity contribution in [2.45, 2.75) is 13.5 Å². The summed E-state index contributed by atoms with van der Waals surface area (Å²) in [5.74, 6) is 0.337. The van der Waals surface area contributed by atoms with Gasteiger partial charge in [-0.1, -0.05) is 18.2 Å². The van der Waals surface area contributed by atoms with Crippen molar-refractivity contribution < 1.29 is 10.1 Å². The predicted molar refractivity (Wildman–Crippen MR) is 141 cm³/mol. The van der Waals surface area contributed by atoms with Crippen molar-refractivity contribution in [2.75, 3.05) is 36.8 Å². The molecule has 1 saturated heterocycles. The van der Waals surface area contributed by atoms with Crippen LogP contribution in [-0.4, -0.2) is 51.9 Å². The zero-order valence-electron chi connectivity index (χ0n) is 20.3. The Labute approximate surface area is 210 Å². The molecule has 0 spiro atoms. The number of nitrogens with zero attached hydrogens (tertiary/aromatic N) is 4. The minimum absolute atomic E-state index is 0.140. The van der Waals surface area contributed by atoms with E-state index < -0.39 is 0 Å². The highest BCUT2D eigenvalue weighted by atomic mass is 16.1. The number of anilines is 3. The summed E-state index contributed by atoms with van der Waals surface area (Å²) in [6, 6.07) is 19.3. The molecule has 8 nitrogen and oxygen atoms in total. The lowest BCUT2D eigenvalue weighted by molar-refractivity contribution is -0.663. The first-order valence-corrected chi connectivity index (χ1v) is 12.2. The smallest absolute Gasteiger partial charge is 0.255 e. The number of hydrogen-bond acceptors (Lipinski definition) is 6. The molecule has 0 bridgehead atoms. The number of benzene rings is 2. The normalized spacial score (nSPS) is 13.8. The summed E-state index contributed by atoms with van der Waals surface area (Å²) in [4.78, 5) is 28.5. The number of piperazine rings is 1. The average Bonchev–Trinajstić information content (AvgIpc) is 2.92. The molecule has 0 aliphatic carbocycles. The molecule has 2 aromatic heterocycles. The van der Waals surface area contributed by atoms with Crippen LogP contribution in [0.1, 0.15) is 21.5 Å². The molecule has 4 aromatic rings. The van der Waals surface area contributed by atoms with Gasteiger partial charge in [0.25, 0.3) is 5.91 Å². The lowest BCUT2D eigenvalue weighted by Crippen LogP contribution is -2.89. The first kappa shape index (κ1) is 23.6. The Morgan fingerprint density at radius 3 is 2.64 bits per heavy atom. The number of hydrogen-bond donors (Lipinski definition) is 3. The number of amides is 1. The van der Waals surface area contributed by atoms with Crippen molar-refractivity contribution in [1.29, 1.82) is 0 Å².